The number of hydrogen-bond donors (Lipinski definition) is 0. The molecule has 0 bridgehead atoms. The molecule has 2 nitrogen and oxygen atoms in total. The summed E-state index contributed by atoms with van der Waals surface area (Å²) in [6, 6.07) is 7.56. The van der Waals surface area contributed by atoms with E-state index in [1.807, 2.05) is 18.2 Å². The SMILES string of the molecule is CCCC.CCCc1ccccc1C(=O)OC. The molecule has 0 amide bonds. The molecule has 0 spiro atoms. The highest BCUT2D eigenvalue weighted by Crippen LogP contribution is 2.11. The minimum atomic E-state index is -0.246. The van der Waals surface area contributed by atoms with Gasteiger partial charge in [-0.2, -0.15) is 0 Å². The van der Waals surface area contributed by atoms with Crippen LogP contribution in [0.3, 0.4) is 0 Å². The van der Waals surface area contributed by atoms with Crippen LogP contribution in [0.25, 0.3) is 0 Å². The summed E-state index contributed by atoms with van der Waals surface area (Å²) in [6.07, 6.45) is 4.60. The quantitative estimate of drug-likeness (QED) is 0.731. The molecule has 1 aromatic rings. The average Bonchev–Trinajstić information content (AvgIpc) is 2.39. The molecule has 1 rings (SSSR count). The van der Waals surface area contributed by atoms with E-state index in [0.717, 1.165) is 18.4 Å². The first kappa shape index (κ1) is 15.7. The van der Waals surface area contributed by atoms with E-state index in [1.165, 1.54) is 20.0 Å². The third-order valence-corrected chi connectivity index (χ3v) is 2.44. The van der Waals surface area contributed by atoms with Crippen molar-refractivity contribution in [1.29, 1.82) is 0 Å². The molecule has 2 heteroatoms. The van der Waals surface area contributed by atoms with Crippen molar-refractivity contribution in [2.24, 2.45) is 0 Å². The van der Waals surface area contributed by atoms with Crippen LogP contribution in [0.5, 0.6) is 0 Å². The zero-order valence-electron chi connectivity index (χ0n) is 11.5. The topological polar surface area (TPSA) is 26.3 Å². The van der Waals surface area contributed by atoms with Crippen molar-refractivity contribution >= 4 is 5.97 Å². The lowest BCUT2D eigenvalue weighted by Crippen LogP contribution is -2.05. The third kappa shape index (κ3) is 6.10. The number of ether oxygens (including phenoxy) is 1. The molecule has 1 aromatic carbocycles. The van der Waals surface area contributed by atoms with Crippen LogP contribution in [0.15, 0.2) is 24.3 Å². The molecule has 0 unspecified atom stereocenters. The normalized spacial score (nSPS) is 9.18. The highest BCUT2D eigenvalue weighted by molar-refractivity contribution is 5.90. The van der Waals surface area contributed by atoms with Crippen molar-refractivity contribution in [3.63, 3.8) is 0 Å². The molecular weight excluding hydrogens is 212 g/mol. The van der Waals surface area contributed by atoms with Crippen LogP contribution < -0.4 is 0 Å². The fourth-order valence-corrected chi connectivity index (χ4v) is 1.32. The van der Waals surface area contributed by atoms with E-state index in [9.17, 15) is 4.79 Å². The predicted octanol–water partition coefficient (Wildman–Crippen LogP) is 4.23. The summed E-state index contributed by atoms with van der Waals surface area (Å²) < 4.78 is 4.68. The van der Waals surface area contributed by atoms with Crippen molar-refractivity contribution < 1.29 is 9.53 Å². The first-order valence-corrected chi connectivity index (χ1v) is 6.37. The second kappa shape index (κ2) is 9.88. The lowest BCUT2D eigenvalue weighted by molar-refractivity contribution is 0.0599. The van der Waals surface area contributed by atoms with Gasteiger partial charge in [0.15, 0.2) is 0 Å². The van der Waals surface area contributed by atoms with Gasteiger partial charge >= 0.3 is 5.97 Å². The molecule has 0 heterocycles. The van der Waals surface area contributed by atoms with Gasteiger partial charge in [0.05, 0.1) is 12.7 Å². The van der Waals surface area contributed by atoms with Crippen LogP contribution >= 0.6 is 0 Å². The zero-order chi connectivity index (χ0) is 13.1. The van der Waals surface area contributed by atoms with Crippen molar-refractivity contribution in [3.05, 3.63) is 35.4 Å². The molecular formula is C15H24O2. The molecule has 17 heavy (non-hydrogen) atoms. The van der Waals surface area contributed by atoms with Gasteiger partial charge in [-0.3, -0.25) is 0 Å². The fourth-order valence-electron chi connectivity index (χ4n) is 1.32. The van der Waals surface area contributed by atoms with Gasteiger partial charge in [-0.1, -0.05) is 58.2 Å². The Morgan fingerprint density at radius 1 is 1.06 bits per heavy atom. The van der Waals surface area contributed by atoms with Crippen LogP contribution in [-0.2, 0) is 11.2 Å². The molecule has 0 atom stereocenters. The number of unbranched alkanes of at least 4 members (excludes halogenated alkanes) is 1. The van der Waals surface area contributed by atoms with E-state index in [-0.39, 0.29) is 5.97 Å². The first-order chi connectivity index (χ1) is 8.21. The number of benzene rings is 1. The Balaban J connectivity index is 0.000000557. The maximum atomic E-state index is 11.3. The van der Waals surface area contributed by atoms with Gasteiger partial charge in [0.25, 0.3) is 0 Å². The van der Waals surface area contributed by atoms with Crippen molar-refractivity contribution in [3.8, 4) is 0 Å². The van der Waals surface area contributed by atoms with Crippen LogP contribution in [0.4, 0.5) is 0 Å². The van der Waals surface area contributed by atoms with Gasteiger partial charge in [0, 0.05) is 0 Å². The molecule has 0 saturated carbocycles. The number of carbonyl (C=O) groups excluding carboxylic acids is 1. The summed E-state index contributed by atoms with van der Waals surface area (Å²) in [7, 11) is 1.41. The van der Waals surface area contributed by atoms with Crippen LogP contribution in [0, 0.1) is 0 Å². The highest BCUT2D eigenvalue weighted by atomic mass is 16.5. The van der Waals surface area contributed by atoms with Crippen LogP contribution in [0.2, 0.25) is 0 Å². The number of aryl methyl sites for hydroxylation is 1. The van der Waals surface area contributed by atoms with Crippen molar-refractivity contribution in [2.45, 2.75) is 46.5 Å². The van der Waals surface area contributed by atoms with E-state index in [1.54, 1.807) is 6.07 Å². The third-order valence-electron chi connectivity index (χ3n) is 2.44. The molecule has 0 aliphatic rings. The summed E-state index contributed by atoms with van der Waals surface area (Å²) in [5.41, 5.74) is 1.75. The Kier molecular flexibility index (Phi) is 9.12. The molecule has 96 valence electrons. The van der Waals surface area contributed by atoms with Gasteiger partial charge < -0.3 is 4.74 Å². The van der Waals surface area contributed by atoms with Gasteiger partial charge in [0.1, 0.15) is 0 Å². The fraction of sp³-hybridized carbons (Fsp3) is 0.533. The molecule has 0 fully saturated rings. The molecule has 0 saturated heterocycles. The average molecular weight is 236 g/mol. The highest BCUT2D eigenvalue weighted by Gasteiger charge is 2.09. The number of rotatable bonds is 4. The standard InChI is InChI=1S/C11H14O2.C4H10/c1-3-6-9-7-4-5-8-10(9)11(12)13-2;1-3-4-2/h4-5,7-8H,3,6H2,1-2H3;3-4H2,1-2H3. The number of methoxy groups -OCH3 is 1. The summed E-state index contributed by atoms with van der Waals surface area (Å²) >= 11 is 0. The maximum Gasteiger partial charge on any atom is 0.338 e. The van der Waals surface area contributed by atoms with Gasteiger partial charge in [-0.05, 0) is 18.1 Å². The Hall–Kier alpha value is -1.31. The minimum Gasteiger partial charge on any atom is -0.465 e. The zero-order valence-corrected chi connectivity index (χ0v) is 11.5. The van der Waals surface area contributed by atoms with Crippen molar-refractivity contribution in [2.75, 3.05) is 7.11 Å². The van der Waals surface area contributed by atoms with Gasteiger partial charge in [-0.25, -0.2) is 4.79 Å². The predicted molar refractivity (Wildman–Crippen MR) is 72.4 cm³/mol. The smallest absolute Gasteiger partial charge is 0.338 e. The van der Waals surface area contributed by atoms with E-state index >= 15 is 0 Å². The Morgan fingerprint density at radius 2 is 1.65 bits per heavy atom. The monoisotopic (exact) mass is 236 g/mol. The van der Waals surface area contributed by atoms with Gasteiger partial charge in [-0.15, -0.1) is 0 Å². The Bertz CT molecular complexity index is 316. The van der Waals surface area contributed by atoms with Crippen molar-refractivity contribution in [1.82, 2.24) is 0 Å². The summed E-state index contributed by atoms with van der Waals surface area (Å²) in [4.78, 5) is 11.3. The second-order valence-electron chi connectivity index (χ2n) is 3.90. The molecule has 0 aliphatic carbocycles. The minimum absolute atomic E-state index is 0.246. The Labute approximate surface area is 105 Å². The molecule has 0 aromatic heterocycles. The number of hydrogen-bond acceptors (Lipinski definition) is 2. The van der Waals surface area contributed by atoms with E-state index in [4.69, 9.17) is 0 Å². The van der Waals surface area contributed by atoms with Gasteiger partial charge in [0.2, 0.25) is 0 Å². The maximum absolute atomic E-state index is 11.3. The lowest BCUT2D eigenvalue weighted by atomic mass is 10.0. The van der Waals surface area contributed by atoms with E-state index in [2.05, 4.69) is 25.5 Å². The van der Waals surface area contributed by atoms with E-state index < -0.39 is 0 Å². The summed E-state index contributed by atoms with van der Waals surface area (Å²) in [6.45, 7) is 6.45. The lowest BCUT2D eigenvalue weighted by Gasteiger charge is -2.05. The summed E-state index contributed by atoms with van der Waals surface area (Å²) in [5.74, 6) is -0.246. The van der Waals surface area contributed by atoms with E-state index in [0.29, 0.717) is 5.56 Å². The molecule has 0 aliphatic heterocycles. The van der Waals surface area contributed by atoms with Crippen LogP contribution in [0.1, 0.15) is 56.0 Å². The number of carbonyl (C=O) groups is 1. The van der Waals surface area contributed by atoms with Crippen LogP contribution in [-0.4, -0.2) is 13.1 Å². The molecule has 0 N–H and O–H groups in total. The molecule has 0 radical (unpaired) electrons. The largest absolute Gasteiger partial charge is 0.465 e. The summed E-state index contributed by atoms with van der Waals surface area (Å²) in [5, 5.41) is 0. The number of esters is 1. The first-order valence-electron chi connectivity index (χ1n) is 6.37. The second-order valence-corrected chi connectivity index (χ2v) is 3.90. The Morgan fingerprint density at radius 3 is 2.12 bits per heavy atom.